The summed E-state index contributed by atoms with van der Waals surface area (Å²) in [6.45, 7) is 6.50. The van der Waals surface area contributed by atoms with Gasteiger partial charge in [-0.15, -0.1) is 0 Å². The Balaban J connectivity index is 0. The number of ketones is 1. The van der Waals surface area contributed by atoms with Gasteiger partial charge in [-0.05, 0) is 73.9 Å². The third-order valence-corrected chi connectivity index (χ3v) is 6.68. The van der Waals surface area contributed by atoms with E-state index in [0.29, 0.717) is 18.5 Å². The number of nitrogens with zero attached hydrogens (tertiary/aromatic N) is 2. The third kappa shape index (κ3) is 11.0. The molecule has 1 heterocycles. The number of carbonyl (C=O) groups is 1. The van der Waals surface area contributed by atoms with Crippen LogP contribution in [0.3, 0.4) is 0 Å². The molecule has 0 atom stereocenters. The van der Waals surface area contributed by atoms with Gasteiger partial charge in [0.1, 0.15) is 11.6 Å². The number of halogens is 1. The Hall–Kier alpha value is -2.89. The van der Waals surface area contributed by atoms with Crippen LogP contribution in [0.5, 0.6) is 0 Å². The summed E-state index contributed by atoms with van der Waals surface area (Å²) < 4.78 is 38.2. The zero-order valence-electron chi connectivity index (χ0n) is 21.8. The molecule has 1 saturated carbocycles. The molecular weight excluding hydrogens is 611 g/mol. The first kappa shape index (κ1) is 38.3. The fraction of sp³-hybridized carbons (Fsp3) is 0.296. The number of primary sulfonamides is 1. The van der Waals surface area contributed by atoms with Gasteiger partial charge in [-0.25, -0.2) is 22.6 Å². The van der Waals surface area contributed by atoms with E-state index >= 15 is 0 Å². The molecule has 1 aliphatic rings. The Labute approximate surface area is 243 Å². The number of aryl methyl sites for hydroxylation is 1. The van der Waals surface area contributed by atoms with Crippen molar-refractivity contribution < 1.29 is 52.4 Å². The molecule has 0 spiro atoms. The molecule has 4 rings (SSSR count). The van der Waals surface area contributed by atoms with Crippen molar-refractivity contribution in [3.05, 3.63) is 73.5 Å². The minimum absolute atomic E-state index is 0. The van der Waals surface area contributed by atoms with E-state index < -0.39 is 10.0 Å². The molecule has 1 aliphatic carbocycles. The molecule has 3 aromatic rings. The molecule has 2 aromatic carbocycles. The maximum atomic E-state index is 13.4. The van der Waals surface area contributed by atoms with Gasteiger partial charge >= 0.3 is 0 Å². The maximum Gasteiger partial charge on any atom is 0.238 e. The Bertz CT molecular complexity index is 1230. The van der Waals surface area contributed by atoms with Crippen LogP contribution in [0.2, 0.25) is 0 Å². The van der Waals surface area contributed by atoms with Gasteiger partial charge in [-0.3, -0.25) is 18.4 Å². The van der Waals surface area contributed by atoms with Crippen LogP contribution in [-0.4, -0.2) is 49.8 Å². The fourth-order valence-corrected chi connectivity index (χ4v) is 4.57. The second-order valence-corrected chi connectivity index (χ2v) is 9.49. The van der Waals surface area contributed by atoms with Crippen molar-refractivity contribution in [1.82, 2.24) is 9.78 Å². The van der Waals surface area contributed by atoms with E-state index in [1.54, 1.807) is 28.9 Å². The molecule has 39 heavy (non-hydrogen) atoms. The first-order valence-electron chi connectivity index (χ1n) is 11.2. The molecule has 215 valence electrons. The van der Waals surface area contributed by atoms with Crippen molar-refractivity contribution in [2.75, 3.05) is 7.11 Å². The third-order valence-electron chi connectivity index (χ3n) is 5.75. The van der Waals surface area contributed by atoms with E-state index in [0.717, 1.165) is 49.7 Å². The van der Waals surface area contributed by atoms with Gasteiger partial charge in [-0.2, -0.15) is 5.10 Å². The summed E-state index contributed by atoms with van der Waals surface area (Å²) in [7, 11) is -2.80. The summed E-state index contributed by atoms with van der Waals surface area (Å²) in [4.78, 5) is 28.0. The predicted molar refractivity (Wildman–Crippen MR) is 144 cm³/mol. The summed E-state index contributed by atoms with van der Waals surface area (Å²) in [5, 5.41) is 16.8. The minimum Gasteiger partial charge on any atom is -0.545 e. The number of carbonyl (C=O) groups excluding carboxylic acids is 3. The van der Waals surface area contributed by atoms with Crippen LogP contribution < -0.4 is 5.14 Å². The number of aromatic nitrogens is 2. The Morgan fingerprint density at radius 1 is 1.03 bits per heavy atom. The number of hydrogen-bond acceptors (Lipinski definition) is 7. The van der Waals surface area contributed by atoms with Crippen LogP contribution in [0.1, 0.15) is 37.8 Å². The quantitative estimate of drug-likeness (QED) is 0.295. The average Bonchev–Trinajstić information content (AvgIpc) is 3.62. The number of benzene rings is 2. The standard InChI is InChI=1S/C23H24FN3O3S.CH4O.2CHO.CH3.Tc/c24-18-7-5-16(6-8-18)22-15-19(9-14-23(28)17-3-1-2-4-17)26-27(22)20-10-12-21(13-11-20)31(25,29)30;3*1-2;;/h5-8,10-13,15,17H,1-4,9,14H2,(H2,25,29,30);2H,1H3;2*1H;1H3;/q;;3*-1;. The van der Waals surface area contributed by atoms with Crippen LogP contribution >= 0.6 is 0 Å². The zero-order valence-corrected chi connectivity index (χ0v) is 24.5. The number of sulfonamides is 1. The van der Waals surface area contributed by atoms with Crippen molar-refractivity contribution >= 4 is 29.4 Å². The van der Waals surface area contributed by atoms with E-state index in [1.165, 1.54) is 24.3 Å². The van der Waals surface area contributed by atoms with Gasteiger partial charge in [0.2, 0.25) is 10.0 Å². The van der Waals surface area contributed by atoms with Crippen molar-refractivity contribution in [2.45, 2.75) is 43.4 Å². The topological polar surface area (TPSA) is 149 Å². The SMILES string of the molecule is CO.NS(=O)(=O)c1ccc(-n2nc(CCC(=O)C3CCCC3)cc2-c2ccc(F)cc2)cc1.[CH-]=O.[CH-]=O.[CH3-].[Tc]. The molecule has 0 saturated heterocycles. The van der Waals surface area contributed by atoms with Gasteiger partial charge in [0.05, 0.1) is 22.0 Å². The molecule has 9 nitrogen and oxygen atoms in total. The molecule has 12 heteroatoms. The normalized spacial score (nSPS) is 12.1. The predicted octanol–water partition coefficient (Wildman–Crippen LogP) is 3.53. The van der Waals surface area contributed by atoms with Gasteiger partial charge in [0.25, 0.3) is 0 Å². The summed E-state index contributed by atoms with van der Waals surface area (Å²) in [6.07, 6.45) is 5.15. The molecular formula is C27H33FN3O6STc-3. The second kappa shape index (κ2) is 19.2. The number of Topliss-reactive ketones (excluding diaryl/α,β-unsaturated/α-hetero) is 1. The van der Waals surface area contributed by atoms with Gasteiger partial charge in [0, 0.05) is 45.1 Å². The van der Waals surface area contributed by atoms with Crippen molar-refractivity contribution in [3.63, 3.8) is 0 Å². The van der Waals surface area contributed by atoms with Crippen molar-refractivity contribution in [1.29, 1.82) is 0 Å². The molecule has 0 aliphatic heterocycles. The van der Waals surface area contributed by atoms with E-state index in [2.05, 4.69) is 18.7 Å². The molecule has 1 aromatic heterocycles. The Kier molecular flexibility index (Phi) is 18.8. The Morgan fingerprint density at radius 2 is 1.54 bits per heavy atom. The molecule has 3 N–H and O–H groups in total. The minimum atomic E-state index is -3.80. The molecule has 1 fully saturated rings. The monoisotopic (exact) mass is 643 g/mol. The molecule has 0 bridgehead atoms. The summed E-state index contributed by atoms with van der Waals surface area (Å²) in [5.41, 5.74) is 2.88. The van der Waals surface area contributed by atoms with E-state index in [1.807, 2.05) is 6.07 Å². The van der Waals surface area contributed by atoms with Crippen LogP contribution in [0.15, 0.2) is 59.5 Å². The summed E-state index contributed by atoms with van der Waals surface area (Å²) in [6, 6.07) is 14.0. The van der Waals surface area contributed by atoms with E-state index in [9.17, 15) is 17.6 Å². The smallest absolute Gasteiger partial charge is 0.238 e. The van der Waals surface area contributed by atoms with Crippen molar-refractivity contribution in [2.24, 2.45) is 11.1 Å². The molecule has 0 amide bonds. The summed E-state index contributed by atoms with van der Waals surface area (Å²) >= 11 is 0. The Morgan fingerprint density at radius 3 is 2.03 bits per heavy atom. The van der Waals surface area contributed by atoms with Crippen LogP contribution in [-0.2, 0) is 50.9 Å². The number of hydrogen-bond donors (Lipinski definition) is 2. The van der Waals surface area contributed by atoms with Crippen LogP contribution in [0, 0.1) is 19.2 Å². The fourth-order valence-electron chi connectivity index (χ4n) is 4.06. The van der Waals surface area contributed by atoms with Crippen LogP contribution in [0.25, 0.3) is 16.9 Å². The number of nitrogens with two attached hydrogens (primary N) is 1. The molecule has 0 unspecified atom stereocenters. The van der Waals surface area contributed by atoms with Crippen LogP contribution in [0.4, 0.5) is 4.39 Å². The molecule has 1 radical (unpaired) electrons. The number of rotatable bonds is 7. The second-order valence-electron chi connectivity index (χ2n) is 7.93. The number of aliphatic hydroxyl groups is 1. The average molecular weight is 645 g/mol. The first-order chi connectivity index (χ1) is 17.8. The van der Waals surface area contributed by atoms with Gasteiger partial charge in [0.15, 0.2) is 0 Å². The van der Waals surface area contributed by atoms with Gasteiger partial charge < -0.3 is 22.1 Å². The largest absolute Gasteiger partial charge is 0.545 e. The maximum absolute atomic E-state index is 13.4. The number of aliphatic hydroxyl groups excluding tert-OH is 1. The first-order valence-corrected chi connectivity index (χ1v) is 12.8. The van der Waals surface area contributed by atoms with Gasteiger partial charge in [-0.1, -0.05) is 12.8 Å². The van der Waals surface area contributed by atoms with E-state index in [-0.39, 0.29) is 49.9 Å². The van der Waals surface area contributed by atoms with Crippen molar-refractivity contribution in [3.8, 4) is 16.9 Å². The zero-order chi connectivity index (χ0) is 28.0. The summed E-state index contributed by atoms with van der Waals surface area (Å²) in [5.74, 6) is 0.118. The van der Waals surface area contributed by atoms with E-state index in [4.69, 9.17) is 19.8 Å².